The van der Waals surface area contributed by atoms with Crippen LogP contribution < -0.4 is 10.6 Å². The Morgan fingerprint density at radius 2 is 1.97 bits per heavy atom. The van der Waals surface area contributed by atoms with Crippen LogP contribution in [0.25, 0.3) is 0 Å². The number of anilines is 1. The Labute approximate surface area is 181 Å². The highest BCUT2D eigenvalue weighted by Crippen LogP contribution is 2.42. The molecule has 31 heavy (non-hydrogen) atoms. The fourth-order valence-electron chi connectivity index (χ4n) is 5.19. The number of para-hydroxylation sites is 1. The summed E-state index contributed by atoms with van der Waals surface area (Å²) in [5.41, 5.74) is 2.50. The number of nitrogens with one attached hydrogen (secondary N) is 2. The number of fused-ring (bicyclic) bond motifs is 1. The molecule has 1 unspecified atom stereocenters. The molecule has 2 amide bonds. The Bertz CT molecular complexity index is 1000. The average molecular weight is 425 g/mol. The number of ether oxygens (including phenoxy) is 1. The van der Waals surface area contributed by atoms with E-state index in [4.69, 9.17) is 9.26 Å². The molecular formula is C23H28N4O4. The minimum atomic E-state index is -0.582. The van der Waals surface area contributed by atoms with E-state index in [1.807, 2.05) is 43.0 Å². The van der Waals surface area contributed by atoms with Gasteiger partial charge in [-0.2, -0.15) is 0 Å². The molecule has 1 atom stereocenters. The molecule has 0 radical (unpaired) electrons. The molecule has 8 nitrogen and oxygen atoms in total. The fraction of sp³-hybridized carbons (Fsp3) is 0.522. The summed E-state index contributed by atoms with van der Waals surface area (Å²) in [6, 6.07) is 7.55. The summed E-state index contributed by atoms with van der Waals surface area (Å²) in [4.78, 5) is 27.3. The first-order chi connectivity index (χ1) is 14.9. The van der Waals surface area contributed by atoms with Gasteiger partial charge in [-0.15, -0.1) is 0 Å². The van der Waals surface area contributed by atoms with Crippen molar-refractivity contribution in [3.05, 3.63) is 46.8 Å². The number of hydrogen-bond acceptors (Lipinski definition) is 6. The zero-order chi connectivity index (χ0) is 21.6. The first-order valence-electron chi connectivity index (χ1n) is 10.9. The van der Waals surface area contributed by atoms with Gasteiger partial charge in [-0.1, -0.05) is 17.3 Å². The lowest BCUT2D eigenvalue weighted by molar-refractivity contribution is -0.135. The summed E-state index contributed by atoms with van der Waals surface area (Å²) < 4.78 is 11.5. The molecule has 8 heteroatoms. The van der Waals surface area contributed by atoms with Gasteiger partial charge in [0, 0.05) is 37.2 Å². The molecule has 2 saturated heterocycles. The molecule has 2 N–H and O–H groups in total. The molecule has 0 saturated carbocycles. The van der Waals surface area contributed by atoms with Crippen LogP contribution in [-0.2, 0) is 16.0 Å². The summed E-state index contributed by atoms with van der Waals surface area (Å²) >= 11 is 0. The SMILES string of the molecule is Cc1noc(C)c1CCC(=O)N1CCC2(CC1)CC1(CO2)NC(=O)c2ccccc2N1. The van der Waals surface area contributed by atoms with E-state index in [1.165, 1.54) is 0 Å². The van der Waals surface area contributed by atoms with E-state index in [9.17, 15) is 9.59 Å². The number of amides is 2. The third-order valence-corrected chi connectivity index (χ3v) is 6.94. The quantitative estimate of drug-likeness (QED) is 0.786. The second-order valence-electron chi connectivity index (χ2n) is 9.04. The van der Waals surface area contributed by atoms with Crippen molar-refractivity contribution < 1.29 is 18.8 Å². The minimum Gasteiger partial charge on any atom is -0.370 e. The zero-order valence-electron chi connectivity index (χ0n) is 18.0. The van der Waals surface area contributed by atoms with Crippen molar-refractivity contribution in [1.82, 2.24) is 15.4 Å². The van der Waals surface area contributed by atoms with Gasteiger partial charge >= 0.3 is 0 Å². The molecule has 1 aromatic carbocycles. The lowest BCUT2D eigenvalue weighted by Crippen LogP contribution is -2.59. The number of benzene rings is 1. The van der Waals surface area contributed by atoms with E-state index in [0.717, 1.165) is 35.5 Å². The number of carbonyl (C=O) groups excluding carboxylic acids is 2. The third kappa shape index (κ3) is 3.59. The van der Waals surface area contributed by atoms with Crippen molar-refractivity contribution in [3.8, 4) is 0 Å². The normalized spacial score (nSPS) is 24.2. The van der Waals surface area contributed by atoms with Crippen LogP contribution in [0.3, 0.4) is 0 Å². The summed E-state index contributed by atoms with van der Waals surface area (Å²) in [5.74, 6) is 0.874. The molecule has 164 valence electrons. The Morgan fingerprint density at radius 1 is 1.19 bits per heavy atom. The van der Waals surface area contributed by atoms with Crippen LogP contribution >= 0.6 is 0 Å². The molecule has 1 aromatic heterocycles. The smallest absolute Gasteiger partial charge is 0.255 e. The minimum absolute atomic E-state index is 0.0677. The number of aryl methyl sites for hydroxylation is 2. The van der Waals surface area contributed by atoms with Crippen LogP contribution in [-0.4, -0.2) is 52.8 Å². The van der Waals surface area contributed by atoms with Gasteiger partial charge in [-0.05, 0) is 45.2 Å². The van der Waals surface area contributed by atoms with Gasteiger partial charge in [0.25, 0.3) is 5.91 Å². The van der Waals surface area contributed by atoms with Crippen molar-refractivity contribution in [3.63, 3.8) is 0 Å². The number of carbonyl (C=O) groups is 2. The highest BCUT2D eigenvalue weighted by molar-refractivity contribution is 6.02. The van der Waals surface area contributed by atoms with E-state index >= 15 is 0 Å². The number of likely N-dealkylation sites (tertiary alicyclic amines) is 1. The van der Waals surface area contributed by atoms with E-state index in [0.29, 0.717) is 44.5 Å². The molecule has 0 aliphatic carbocycles. The van der Waals surface area contributed by atoms with Crippen LogP contribution in [0.1, 0.15) is 53.1 Å². The number of aromatic nitrogens is 1. The molecule has 3 aliphatic heterocycles. The molecule has 4 heterocycles. The Balaban J connectivity index is 1.19. The topological polar surface area (TPSA) is 96.7 Å². The maximum Gasteiger partial charge on any atom is 0.255 e. The van der Waals surface area contributed by atoms with Gasteiger partial charge < -0.3 is 24.8 Å². The highest BCUT2D eigenvalue weighted by Gasteiger charge is 2.53. The third-order valence-electron chi connectivity index (χ3n) is 6.94. The van der Waals surface area contributed by atoms with E-state index in [1.54, 1.807) is 0 Å². The second kappa shape index (κ2) is 7.37. The van der Waals surface area contributed by atoms with Gasteiger partial charge in [-0.25, -0.2) is 0 Å². The predicted molar refractivity (Wildman–Crippen MR) is 114 cm³/mol. The molecule has 2 aromatic rings. The summed E-state index contributed by atoms with van der Waals surface area (Å²) in [6.45, 7) is 5.55. The second-order valence-corrected chi connectivity index (χ2v) is 9.04. The van der Waals surface area contributed by atoms with Crippen molar-refractivity contribution in [1.29, 1.82) is 0 Å². The molecule has 2 spiro atoms. The predicted octanol–water partition coefficient (Wildman–Crippen LogP) is 2.56. The number of piperidine rings is 1. The number of rotatable bonds is 3. The van der Waals surface area contributed by atoms with Crippen molar-refractivity contribution in [2.45, 2.75) is 57.2 Å². The van der Waals surface area contributed by atoms with Gasteiger partial charge in [0.15, 0.2) is 0 Å². The fourth-order valence-corrected chi connectivity index (χ4v) is 5.19. The van der Waals surface area contributed by atoms with E-state index in [-0.39, 0.29) is 17.4 Å². The summed E-state index contributed by atoms with van der Waals surface area (Å²) in [7, 11) is 0. The van der Waals surface area contributed by atoms with Crippen LogP contribution in [0, 0.1) is 13.8 Å². The van der Waals surface area contributed by atoms with Gasteiger partial charge in [0.1, 0.15) is 11.4 Å². The largest absolute Gasteiger partial charge is 0.370 e. The maximum absolute atomic E-state index is 12.8. The number of hydrogen-bond donors (Lipinski definition) is 2. The molecule has 3 aliphatic rings. The van der Waals surface area contributed by atoms with Crippen LogP contribution in [0.2, 0.25) is 0 Å². The van der Waals surface area contributed by atoms with E-state index in [2.05, 4.69) is 15.8 Å². The van der Waals surface area contributed by atoms with Crippen LogP contribution in [0.4, 0.5) is 5.69 Å². The standard InChI is InChI=1S/C23H28N4O4/c1-15-17(16(2)31-26-15)7-8-20(28)27-11-9-22(10-12-27)13-23(14-30-22)24-19-6-4-3-5-18(19)21(29)25-23/h3-6,24H,7-14H2,1-2H3,(H,25,29). The maximum atomic E-state index is 12.8. The lowest BCUT2D eigenvalue weighted by atomic mass is 9.84. The van der Waals surface area contributed by atoms with Crippen LogP contribution in [0.5, 0.6) is 0 Å². The Hall–Kier alpha value is -2.87. The molecular weight excluding hydrogens is 396 g/mol. The molecule has 2 fully saturated rings. The van der Waals surface area contributed by atoms with Crippen molar-refractivity contribution in [2.75, 3.05) is 25.0 Å². The van der Waals surface area contributed by atoms with Crippen LogP contribution in [0.15, 0.2) is 28.8 Å². The first kappa shape index (κ1) is 20.1. The average Bonchev–Trinajstić information content (AvgIpc) is 3.26. The number of nitrogens with zero attached hydrogens (tertiary/aromatic N) is 2. The highest BCUT2D eigenvalue weighted by atomic mass is 16.5. The van der Waals surface area contributed by atoms with Crippen molar-refractivity contribution in [2.24, 2.45) is 0 Å². The Kier molecular flexibility index (Phi) is 4.77. The van der Waals surface area contributed by atoms with Gasteiger partial charge in [0.2, 0.25) is 5.91 Å². The Morgan fingerprint density at radius 3 is 2.71 bits per heavy atom. The summed E-state index contributed by atoms with van der Waals surface area (Å²) in [6.07, 6.45) is 3.34. The monoisotopic (exact) mass is 424 g/mol. The first-order valence-corrected chi connectivity index (χ1v) is 10.9. The zero-order valence-corrected chi connectivity index (χ0v) is 18.0. The van der Waals surface area contributed by atoms with Gasteiger partial charge in [-0.3, -0.25) is 9.59 Å². The van der Waals surface area contributed by atoms with Gasteiger partial charge in [0.05, 0.1) is 23.5 Å². The molecule has 0 bridgehead atoms. The molecule has 5 rings (SSSR count). The summed E-state index contributed by atoms with van der Waals surface area (Å²) in [5, 5.41) is 10.6. The van der Waals surface area contributed by atoms with E-state index < -0.39 is 5.66 Å². The lowest BCUT2D eigenvalue weighted by Gasteiger charge is -2.41. The van der Waals surface area contributed by atoms with Crippen molar-refractivity contribution >= 4 is 17.5 Å².